The average Bonchev–Trinajstić information content (AvgIpc) is 3.41. The monoisotopic (exact) mass is 409 g/mol. The summed E-state index contributed by atoms with van der Waals surface area (Å²) in [5, 5.41) is 8.18. The fourth-order valence-corrected chi connectivity index (χ4v) is 4.06. The zero-order chi connectivity index (χ0) is 20.4. The highest BCUT2D eigenvalue weighted by molar-refractivity contribution is 7.15. The van der Waals surface area contributed by atoms with Crippen molar-refractivity contribution in [3.8, 4) is 0 Å². The van der Waals surface area contributed by atoms with Crippen molar-refractivity contribution in [3.05, 3.63) is 52.7 Å². The molecule has 1 aliphatic rings. The normalized spacial score (nSPS) is 16.7. The number of aryl methyl sites for hydroxylation is 3. The molecule has 3 aromatic heterocycles. The van der Waals surface area contributed by atoms with E-state index in [-0.39, 0.29) is 11.8 Å². The minimum absolute atomic E-state index is 0.0127. The molecule has 3 aromatic rings. The molecule has 8 nitrogen and oxygen atoms in total. The number of aromatic nitrogens is 5. The van der Waals surface area contributed by atoms with Gasteiger partial charge in [0.05, 0.1) is 11.9 Å². The quantitative estimate of drug-likeness (QED) is 0.652. The summed E-state index contributed by atoms with van der Waals surface area (Å²) in [6, 6.07) is 1.97. The van der Waals surface area contributed by atoms with Crippen LogP contribution in [0.1, 0.15) is 34.3 Å². The Bertz CT molecular complexity index is 1050. The Morgan fingerprint density at radius 2 is 2.17 bits per heavy atom. The standard InChI is InChI=1S/C20H23N7OS/c1-13-9-21-20(29-13)25-18-8-17(23-14(2)24-18)16-6-7-27(12-16)19(28)5-4-15-10-22-26(3)11-15/h4-5,8-11,16H,6-7,12H2,1-3H3,(H,21,23,24,25)/b5-4+/t16-/m1/s1. The van der Waals surface area contributed by atoms with Crippen molar-refractivity contribution < 1.29 is 4.79 Å². The van der Waals surface area contributed by atoms with Crippen LogP contribution in [0, 0.1) is 13.8 Å². The Morgan fingerprint density at radius 1 is 1.31 bits per heavy atom. The molecule has 29 heavy (non-hydrogen) atoms. The van der Waals surface area contributed by atoms with E-state index in [1.54, 1.807) is 34.4 Å². The third-order valence-electron chi connectivity index (χ3n) is 4.78. The SMILES string of the molecule is Cc1nc(Nc2ncc(C)s2)cc([C@@H]2CCN(C(=O)/C=C/c3cnn(C)c3)C2)n1. The minimum atomic E-state index is 0.0127. The molecule has 0 saturated carbocycles. The van der Waals surface area contributed by atoms with Crippen LogP contribution in [0.25, 0.3) is 6.08 Å². The van der Waals surface area contributed by atoms with Crippen molar-refractivity contribution in [1.29, 1.82) is 0 Å². The molecule has 0 unspecified atom stereocenters. The molecule has 1 fully saturated rings. The van der Waals surface area contributed by atoms with Crippen LogP contribution in [0.15, 0.2) is 30.7 Å². The highest BCUT2D eigenvalue weighted by Gasteiger charge is 2.27. The fourth-order valence-electron chi connectivity index (χ4n) is 3.39. The lowest BCUT2D eigenvalue weighted by Gasteiger charge is -2.15. The van der Waals surface area contributed by atoms with Crippen molar-refractivity contribution in [1.82, 2.24) is 29.6 Å². The number of anilines is 2. The van der Waals surface area contributed by atoms with Gasteiger partial charge in [0.2, 0.25) is 5.91 Å². The van der Waals surface area contributed by atoms with Crippen LogP contribution >= 0.6 is 11.3 Å². The highest BCUT2D eigenvalue weighted by Crippen LogP contribution is 2.29. The maximum atomic E-state index is 12.5. The van der Waals surface area contributed by atoms with Crippen molar-refractivity contribution in [2.24, 2.45) is 7.05 Å². The lowest BCUT2D eigenvalue weighted by Crippen LogP contribution is -2.26. The molecule has 1 aliphatic heterocycles. The van der Waals surface area contributed by atoms with E-state index in [4.69, 9.17) is 0 Å². The summed E-state index contributed by atoms with van der Waals surface area (Å²) in [5.41, 5.74) is 1.87. The molecular weight excluding hydrogens is 386 g/mol. The van der Waals surface area contributed by atoms with Crippen LogP contribution in [0.5, 0.6) is 0 Å². The van der Waals surface area contributed by atoms with E-state index in [1.165, 1.54) is 0 Å². The van der Waals surface area contributed by atoms with Gasteiger partial charge in [0.15, 0.2) is 5.13 Å². The largest absolute Gasteiger partial charge is 0.338 e. The summed E-state index contributed by atoms with van der Waals surface area (Å²) >= 11 is 1.59. The van der Waals surface area contributed by atoms with Gasteiger partial charge in [-0.25, -0.2) is 15.0 Å². The van der Waals surface area contributed by atoms with Gasteiger partial charge in [0.1, 0.15) is 11.6 Å². The molecule has 9 heteroatoms. The summed E-state index contributed by atoms with van der Waals surface area (Å²) in [6.07, 6.45) is 9.75. The fraction of sp³-hybridized carbons (Fsp3) is 0.350. The molecule has 0 spiro atoms. The van der Waals surface area contributed by atoms with Gasteiger partial charge in [-0.2, -0.15) is 5.10 Å². The first-order chi connectivity index (χ1) is 14.0. The number of hydrogen-bond acceptors (Lipinski definition) is 7. The van der Waals surface area contributed by atoms with Crippen LogP contribution < -0.4 is 5.32 Å². The molecule has 0 aliphatic carbocycles. The van der Waals surface area contributed by atoms with Crippen molar-refractivity contribution in [2.75, 3.05) is 18.4 Å². The van der Waals surface area contributed by atoms with E-state index in [9.17, 15) is 4.79 Å². The molecule has 0 bridgehead atoms. The number of carbonyl (C=O) groups excluding carboxylic acids is 1. The number of thiazole rings is 1. The number of amides is 1. The molecule has 150 valence electrons. The Labute approximate surface area is 173 Å². The van der Waals surface area contributed by atoms with Crippen molar-refractivity contribution in [3.63, 3.8) is 0 Å². The number of nitrogens with one attached hydrogen (secondary N) is 1. The lowest BCUT2D eigenvalue weighted by molar-refractivity contribution is -0.124. The molecule has 0 radical (unpaired) electrons. The van der Waals surface area contributed by atoms with Gasteiger partial charge >= 0.3 is 0 Å². The van der Waals surface area contributed by atoms with E-state index in [2.05, 4.69) is 25.4 Å². The van der Waals surface area contributed by atoms with Gasteiger partial charge in [-0.3, -0.25) is 9.48 Å². The summed E-state index contributed by atoms with van der Waals surface area (Å²) in [4.78, 5) is 29.0. The van der Waals surface area contributed by atoms with E-state index in [1.807, 2.05) is 44.3 Å². The second-order valence-electron chi connectivity index (χ2n) is 7.18. The van der Waals surface area contributed by atoms with Gasteiger partial charge in [0, 0.05) is 61.0 Å². The summed E-state index contributed by atoms with van der Waals surface area (Å²) in [7, 11) is 1.85. The van der Waals surface area contributed by atoms with Crippen molar-refractivity contribution >= 4 is 34.3 Å². The van der Waals surface area contributed by atoms with E-state index in [0.717, 1.165) is 40.0 Å². The second-order valence-corrected chi connectivity index (χ2v) is 8.41. The lowest BCUT2D eigenvalue weighted by atomic mass is 10.0. The van der Waals surface area contributed by atoms with Crippen LogP contribution in [0.3, 0.4) is 0 Å². The third kappa shape index (κ3) is 4.68. The smallest absolute Gasteiger partial charge is 0.246 e. The minimum Gasteiger partial charge on any atom is -0.338 e. The van der Waals surface area contributed by atoms with Crippen LogP contribution in [0.2, 0.25) is 0 Å². The van der Waals surface area contributed by atoms with Gasteiger partial charge in [0.25, 0.3) is 0 Å². The number of hydrogen-bond donors (Lipinski definition) is 1. The zero-order valence-corrected chi connectivity index (χ0v) is 17.5. The van der Waals surface area contributed by atoms with Crippen LogP contribution in [-0.4, -0.2) is 48.6 Å². The predicted octanol–water partition coefficient (Wildman–Crippen LogP) is 3.06. The highest BCUT2D eigenvalue weighted by atomic mass is 32.1. The molecular formula is C20H23N7OS. The summed E-state index contributed by atoms with van der Waals surface area (Å²) in [6.45, 7) is 5.28. The van der Waals surface area contributed by atoms with Crippen molar-refractivity contribution in [2.45, 2.75) is 26.2 Å². The average molecular weight is 410 g/mol. The number of nitrogens with zero attached hydrogens (tertiary/aromatic N) is 6. The maximum absolute atomic E-state index is 12.5. The zero-order valence-electron chi connectivity index (χ0n) is 16.7. The summed E-state index contributed by atoms with van der Waals surface area (Å²) in [5.74, 6) is 1.66. The first-order valence-corrected chi connectivity index (χ1v) is 10.3. The number of likely N-dealkylation sites (tertiary alicyclic amines) is 1. The topological polar surface area (TPSA) is 88.8 Å². The second kappa shape index (κ2) is 8.12. The molecule has 1 atom stereocenters. The number of rotatable bonds is 5. The van der Waals surface area contributed by atoms with Crippen LogP contribution in [0.4, 0.5) is 10.9 Å². The van der Waals surface area contributed by atoms with E-state index >= 15 is 0 Å². The Morgan fingerprint density at radius 3 is 2.90 bits per heavy atom. The molecule has 0 aromatic carbocycles. The molecule has 1 amide bonds. The third-order valence-corrected chi connectivity index (χ3v) is 5.60. The summed E-state index contributed by atoms with van der Waals surface area (Å²) < 4.78 is 1.71. The van der Waals surface area contributed by atoms with Crippen LogP contribution in [-0.2, 0) is 11.8 Å². The van der Waals surface area contributed by atoms with Gasteiger partial charge in [-0.1, -0.05) is 0 Å². The van der Waals surface area contributed by atoms with Gasteiger partial charge in [-0.05, 0) is 26.3 Å². The van der Waals surface area contributed by atoms with Gasteiger partial charge < -0.3 is 10.2 Å². The first-order valence-electron chi connectivity index (χ1n) is 9.47. The Balaban J connectivity index is 1.43. The predicted molar refractivity (Wildman–Crippen MR) is 113 cm³/mol. The first kappa shape index (κ1) is 19.3. The van der Waals surface area contributed by atoms with E-state index < -0.39 is 0 Å². The van der Waals surface area contributed by atoms with E-state index in [0.29, 0.717) is 12.4 Å². The Kier molecular flexibility index (Phi) is 5.39. The molecule has 4 rings (SSSR count). The maximum Gasteiger partial charge on any atom is 0.246 e. The number of carbonyl (C=O) groups is 1. The molecule has 1 N–H and O–H groups in total. The van der Waals surface area contributed by atoms with Gasteiger partial charge in [-0.15, -0.1) is 11.3 Å². The molecule has 1 saturated heterocycles. The molecule has 4 heterocycles. The Hall–Kier alpha value is -3.07.